The Hall–Kier alpha value is -2.18. The molecule has 28 heavy (non-hydrogen) atoms. The van der Waals surface area contributed by atoms with Gasteiger partial charge in [-0.25, -0.2) is 4.79 Å². The van der Waals surface area contributed by atoms with Crippen LogP contribution in [-0.4, -0.2) is 37.6 Å². The molecule has 2 heterocycles. The van der Waals surface area contributed by atoms with Gasteiger partial charge in [0.15, 0.2) is 6.54 Å². The average Bonchev–Trinajstić information content (AvgIpc) is 3.00. The molecule has 1 aromatic carbocycles. The molecule has 1 fully saturated rings. The van der Waals surface area contributed by atoms with E-state index in [4.69, 9.17) is 4.74 Å². The van der Waals surface area contributed by atoms with Crippen LogP contribution in [0.3, 0.4) is 0 Å². The van der Waals surface area contributed by atoms with Gasteiger partial charge in [-0.2, -0.15) is 0 Å². The molecule has 5 nitrogen and oxygen atoms in total. The Balaban J connectivity index is 1.86. The lowest BCUT2D eigenvalue weighted by Crippen LogP contribution is -3.17. The van der Waals surface area contributed by atoms with Crippen molar-refractivity contribution in [3.63, 3.8) is 0 Å². The Labute approximate surface area is 170 Å². The highest BCUT2D eigenvalue weighted by Gasteiger charge is 2.27. The van der Waals surface area contributed by atoms with Crippen molar-refractivity contribution in [2.75, 3.05) is 25.0 Å². The van der Waals surface area contributed by atoms with Crippen molar-refractivity contribution in [2.24, 2.45) is 0 Å². The summed E-state index contributed by atoms with van der Waals surface area (Å²) in [5.74, 6) is -0.428. The van der Waals surface area contributed by atoms with E-state index in [1.807, 2.05) is 37.3 Å². The molecule has 1 aromatic heterocycles. The Morgan fingerprint density at radius 3 is 2.68 bits per heavy atom. The molecule has 1 aliphatic rings. The van der Waals surface area contributed by atoms with Crippen molar-refractivity contribution < 1.29 is 19.2 Å². The van der Waals surface area contributed by atoms with E-state index in [-0.39, 0.29) is 11.9 Å². The summed E-state index contributed by atoms with van der Waals surface area (Å²) in [4.78, 5) is 27.6. The van der Waals surface area contributed by atoms with Gasteiger partial charge in [-0.15, -0.1) is 11.3 Å². The number of thiophene rings is 1. The highest BCUT2D eigenvalue weighted by molar-refractivity contribution is 7.20. The summed E-state index contributed by atoms with van der Waals surface area (Å²) in [6.07, 6.45) is 3.56. The van der Waals surface area contributed by atoms with Crippen molar-refractivity contribution >= 4 is 28.2 Å². The lowest BCUT2D eigenvalue weighted by Gasteiger charge is -2.29. The van der Waals surface area contributed by atoms with E-state index in [1.54, 1.807) is 6.92 Å². The predicted octanol–water partition coefficient (Wildman–Crippen LogP) is 3.30. The number of amides is 1. The van der Waals surface area contributed by atoms with Crippen LogP contribution in [0.15, 0.2) is 30.3 Å². The van der Waals surface area contributed by atoms with Crippen molar-refractivity contribution in [3.05, 3.63) is 41.5 Å². The number of nitrogens with one attached hydrogen (secondary N) is 2. The van der Waals surface area contributed by atoms with E-state index >= 15 is 0 Å². The molecule has 2 atom stereocenters. The topological polar surface area (TPSA) is 59.8 Å². The first-order valence-corrected chi connectivity index (χ1v) is 10.8. The highest BCUT2D eigenvalue weighted by atomic mass is 32.1. The van der Waals surface area contributed by atoms with Crippen LogP contribution in [0.4, 0.5) is 5.00 Å². The minimum atomic E-state index is -0.382. The van der Waals surface area contributed by atoms with Gasteiger partial charge in [0.25, 0.3) is 5.91 Å². The van der Waals surface area contributed by atoms with Gasteiger partial charge in [0, 0.05) is 4.88 Å². The third-order valence-corrected chi connectivity index (χ3v) is 6.64. The van der Waals surface area contributed by atoms with Gasteiger partial charge in [-0.3, -0.25) is 4.79 Å². The molecule has 0 bridgehead atoms. The second-order valence-electron chi connectivity index (χ2n) is 7.38. The second kappa shape index (κ2) is 9.34. The standard InChI is InChI=1S/C22H28N2O3S/c1-4-27-22(26)19-16(3)20(17-11-6-5-7-12-17)28-21(19)23-18(25)14-24-13-9-8-10-15(24)2/h5-7,11-12,15H,4,8-10,13-14H2,1-3H3,(H,23,25)/p+1/t15-/m1/s1. The molecule has 0 saturated carbocycles. The number of carbonyl (C=O) groups is 2. The summed E-state index contributed by atoms with van der Waals surface area (Å²) >= 11 is 1.44. The molecule has 1 saturated heterocycles. The first-order chi connectivity index (χ1) is 13.5. The molecule has 0 aliphatic carbocycles. The van der Waals surface area contributed by atoms with Crippen molar-refractivity contribution in [2.45, 2.75) is 46.1 Å². The molecule has 3 rings (SSSR count). The van der Waals surface area contributed by atoms with Crippen LogP contribution < -0.4 is 10.2 Å². The number of ether oxygens (including phenoxy) is 1. The van der Waals surface area contributed by atoms with E-state index in [0.717, 1.165) is 35.4 Å². The number of piperidine rings is 1. The van der Waals surface area contributed by atoms with Gasteiger partial charge in [-0.1, -0.05) is 30.3 Å². The monoisotopic (exact) mass is 401 g/mol. The van der Waals surface area contributed by atoms with Crippen LogP contribution in [-0.2, 0) is 9.53 Å². The Morgan fingerprint density at radius 2 is 2.00 bits per heavy atom. The third kappa shape index (κ3) is 4.62. The van der Waals surface area contributed by atoms with Crippen molar-refractivity contribution in [3.8, 4) is 10.4 Å². The largest absolute Gasteiger partial charge is 0.462 e. The number of hydrogen-bond acceptors (Lipinski definition) is 4. The number of rotatable bonds is 6. The van der Waals surface area contributed by atoms with Gasteiger partial charge in [-0.05, 0) is 51.2 Å². The highest BCUT2D eigenvalue weighted by Crippen LogP contribution is 2.40. The van der Waals surface area contributed by atoms with Crippen molar-refractivity contribution in [1.82, 2.24) is 0 Å². The number of quaternary nitrogens is 1. The van der Waals surface area contributed by atoms with Crippen LogP contribution in [0, 0.1) is 6.92 Å². The lowest BCUT2D eigenvalue weighted by molar-refractivity contribution is -0.920. The second-order valence-corrected chi connectivity index (χ2v) is 8.40. The number of benzene rings is 1. The fraction of sp³-hybridized carbons (Fsp3) is 0.455. The maximum atomic E-state index is 12.7. The zero-order chi connectivity index (χ0) is 20.1. The van der Waals surface area contributed by atoms with Gasteiger partial charge < -0.3 is 15.0 Å². The van der Waals surface area contributed by atoms with Crippen molar-refractivity contribution in [1.29, 1.82) is 0 Å². The van der Waals surface area contributed by atoms with Gasteiger partial charge in [0.2, 0.25) is 0 Å². The Kier molecular flexibility index (Phi) is 6.86. The number of carbonyl (C=O) groups excluding carboxylic acids is 2. The van der Waals surface area contributed by atoms with E-state index in [0.29, 0.717) is 29.8 Å². The molecule has 2 N–H and O–H groups in total. The van der Waals surface area contributed by atoms with Gasteiger partial charge >= 0.3 is 5.97 Å². The van der Waals surface area contributed by atoms with E-state index in [2.05, 4.69) is 12.2 Å². The molecule has 1 amide bonds. The van der Waals surface area contributed by atoms with Crippen LogP contribution in [0.2, 0.25) is 0 Å². The zero-order valence-corrected chi connectivity index (χ0v) is 17.7. The molecule has 2 aromatic rings. The number of hydrogen-bond donors (Lipinski definition) is 2. The number of anilines is 1. The lowest BCUT2D eigenvalue weighted by atomic mass is 10.0. The summed E-state index contributed by atoms with van der Waals surface area (Å²) in [6.45, 7) is 7.67. The number of esters is 1. The average molecular weight is 402 g/mol. The fourth-order valence-corrected chi connectivity index (χ4v) is 5.02. The third-order valence-electron chi connectivity index (χ3n) is 5.38. The van der Waals surface area contributed by atoms with Crippen LogP contribution in [0.5, 0.6) is 0 Å². The van der Waals surface area contributed by atoms with Crippen LogP contribution >= 0.6 is 11.3 Å². The molecule has 0 radical (unpaired) electrons. The Morgan fingerprint density at radius 1 is 1.25 bits per heavy atom. The fourth-order valence-electron chi connectivity index (χ4n) is 3.81. The molecule has 6 heteroatoms. The van der Waals surface area contributed by atoms with E-state index in [1.165, 1.54) is 22.7 Å². The van der Waals surface area contributed by atoms with E-state index < -0.39 is 0 Å². The first-order valence-electron chi connectivity index (χ1n) is 10.0. The van der Waals surface area contributed by atoms with Gasteiger partial charge in [0.1, 0.15) is 5.00 Å². The van der Waals surface area contributed by atoms with Crippen LogP contribution in [0.1, 0.15) is 49.0 Å². The summed E-state index contributed by atoms with van der Waals surface area (Å²) in [6, 6.07) is 10.4. The summed E-state index contributed by atoms with van der Waals surface area (Å²) < 4.78 is 5.26. The van der Waals surface area contributed by atoms with E-state index in [9.17, 15) is 9.59 Å². The summed E-state index contributed by atoms with van der Waals surface area (Å²) in [5.41, 5.74) is 2.36. The first kappa shape index (κ1) is 20.6. The maximum absolute atomic E-state index is 12.7. The maximum Gasteiger partial charge on any atom is 0.341 e. The minimum absolute atomic E-state index is 0.0461. The molecule has 1 aliphatic heterocycles. The Bertz CT molecular complexity index is 832. The molecular weight excluding hydrogens is 372 g/mol. The summed E-state index contributed by atoms with van der Waals surface area (Å²) in [5, 5.41) is 3.59. The van der Waals surface area contributed by atoms with Crippen LogP contribution in [0.25, 0.3) is 10.4 Å². The molecule has 0 spiro atoms. The molecule has 150 valence electrons. The normalized spacial score (nSPS) is 19.2. The zero-order valence-electron chi connectivity index (χ0n) is 16.8. The summed E-state index contributed by atoms with van der Waals surface area (Å²) in [7, 11) is 0. The smallest absolute Gasteiger partial charge is 0.341 e. The predicted molar refractivity (Wildman–Crippen MR) is 113 cm³/mol. The number of likely N-dealkylation sites (tertiary alicyclic amines) is 1. The van der Waals surface area contributed by atoms with Gasteiger partial charge in [0.05, 0.1) is 24.8 Å². The minimum Gasteiger partial charge on any atom is -0.462 e. The SMILES string of the molecule is CCOC(=O)c1c(NC(=O)C[NH+]2CCCC[C@H]2C)sc(-c2ccccc2)c1C. The molecular formula is C22H29N2O3S+. The quantitative estimate of drug-likeness (QED) is 0.730. The molecule has 1 unspecified atom stereocenters.